The zero-order chi connectivity index (χ0) is 31.9. The smallest absolute Gasteiger partial charge is 0.252 e. The summed E-state index contributed by atoms with van der Waals surface area (Å²) < 4.78 is 45.7. The number of anilines is 2. The number of methoxy groups -OCH3 is 1. The highest BCUT2D eigenvalue weighted by Crippen LogP contribution is 2.40. The number of aryl methyl sites for hydroxylation is 2. The minimum absolute atomic E-state index is 0.131. The Morgan fingerprint density at radius 1 is 1.26 bits per heavy atom. The van der Waals surface area contributed by atoms with Crippen LogP contribution in [0.4, 0.5) is 16.0 Å². The van der Waals surface area contributed by atoms with Crippen LogP contribution in [-0.4, -0.2) is 58.1 Å². The summed E-state index contributed by atoms with van der Waals surface area (Å²) in [5.74, 6) is 1.12. The Balaban J connectivity index is 1.19. The fourth-order valence-electron chi connectivity index (χ4n) is 5.41. The predicted molar refractivity (Wildman–Crippen MR) is 154 cm³/mol. The van der Waals surface area contributed by atoms with Gasteiger partial charge in [0.1, 0.15) is 22.9 Å². The maximum atomic E-state index is 13.6. The number of carbonyl (C=O) groups excluding carboxylic acids is 1. The van der Waals surface area contributed by atoms with E-state index in [1.165, 1.54) is 28.8 Å². The largest absolute Gasteiger partial charge is 0.368 e. The van der Waals surface area contributed by atoms with E-state index >= 15 is 0 Å². The number of rotatable bonds is 8. The van der Waals surface area contributed by atoms with Crippen LogP contribution in [0.2, 0.25) is 0 Å². The molecule has 5 aromatic rings. The number of nitrogens with one attached hydrogen (secondary N) is 3. The Labute approximate surface area is 245 Å². The van der Waals surface area contributed by atoms with Crippen LogP contribution in [0.5, 0.6) is 0 Å². The van der Waals surface area contributed by atoms with Crippen molar-refractivity contribution in [3.63, 3.8) is 0 Å². The number of hydrogen-bond acceptors (Lipinski definition) is 8. The number of pyridine rings is 1. The number of aromatic nitrogens is 8. The van der Waals surface area contributed by atoms with Crippen LogP contribution >= 0.6 is 0 Å². The lowest BCUT2D eigenvalue weighted by Gasteiger charge is -2.38. The molecule has 3 N–H and O–H groups in total. The van der Waals surface area contributed by atoms with Gasteiger partial charge in [-0.2, -0.15) is 10.2 Å². The lowest BCUT2D eigenvalue weighted by Crippen LogP contribution is -2.50. The van der Waals surface area contributed by atoms with E-state index in [0.717, 1.165) is 17.5 Å². The molecule has 1 amide bonds. The summed E-state index contributed by atoms with van der Waals surface area (Å²) in [6.07, 6.45) is 7.37. The second-order valence-corrected chi connectivity index (χ2v) is 10.6. The number of aromatic amines is 1. The molecule has 6 rings (SSSR count). The van der Waals surface area contributed by atoms with Crippen molar-refractivity contribution < 1.29 is 18.0 Å². The maximum absolute atomic E-state index is 13.6. The number of H-pyrrole nitrogens is 1. The molecule has 0 bridgehead atoms. The van der Waals surface area contributed by atoms with Gasteiger partial charge >= 0.3 is 0 Å². The number of carbonyl (C=O) groups is 1. The van der Waals surface area contributed by atoms with Crippen molar-refractivity contribution in [2.45, 2.75) is 57.1 Å². The van der Waals surface area contributed by atoms with Gasteiger partial charge in [-0.25, -0.2) is 24.0 Å². The lowest BCUT2D eigenvalue weighted by molar-refractivity contribution is -0.148. The molecular weight excluding hydrogens is 539 g/mol. The molecule has 42 heavy (non-hydrogen) atoms. The summed E-state index contributed by atoms with van der Waals surface area (Å²) in [6, 6.07) is 6.65. The lowest BCUT2D eigenvalue weighted by atomic mass is 9.77. The minimum Gasteiger partial charge on any atom is -0.368 e. The van der Waals surface area contributed by atoms with Gasteiger partial charge < -0.3 is 19.9 Å². The van der Waals surface area contributed by atoms with Crippen molar-refractivity contribution >= 4 is 28.6 Å². The standard InChI is InChI=1S/C29H33FN10O2/c1-17-13-23(38-37-17)34-26-22-9-12-39(3)27(22)36-25(35-26)19-7-10-29(42-4,11-8-19)28(41)33-18(2)20-5-6-24(31-14-20)40-16-21(30)15-32-40/h5-6,9,12-16,18-19H,7-8,10-11H2,1-4H3,(H,33,41)(H2,34,35,36,37,38)/t18-,19?,29?/m0/s1/i3D3. The summed E-state index contributed by atoms with van der Waals surface area (Å²) in [5, 5.41) is 17.9. The van der Waals surface area contributed by atoms with Gasteiger partial charge in [0, 0.05) is 48.3 Å². The van der Waals surface area contributed by atoms with Gasteiger partial charge in [0.2, 0.25) is 0 Å². The number of fused-ring (bicyclic) bond motifs is 1. The third-order valence-corrected chi connectivity index (χ3v) is 7.88. The van der Waals surface area contributed by atoms with Gasteiger partial charge in [0.15, 0.2) is 17.5 Å². The third-order valence-electron chi connectivity index (χ3n) is 7.88. The normalized spacial score (nSPS) is 21.0. The van der Waals surface area contributed by atoms with Crippen molar-refractivity contribution in [3.05, 3.63) is 72.0 Å². The molecule has 1 aliphatic rings. The van der Waals surface area contributed by atoms with Gasteiger partial charge in [0.05, 0.1) is 23.8 Å². The molecule has 13 heteroatoms. The Morgan fingerprint density at radius 3 is 2.74 bits per heavy atom. The van der Waals surface area contributed by atoms with Crippen molar-refractivity contribution in [1.29, 1.82) is 0 Å². The van der Waals surface area contributed by atoms with Crippen LogP contribution in [0.1, 0.15) is 65.8 Å². The number of ether oxygens (including phenoxy) is 1. The van der Waals surface area contributed by atoms with Gasteiger partial charge in [0.25, 0.3) is 5.91 Å². The number of halogens is 1. The average molecular weight is 576 g/mol. The fourth-order valence-corrected chi connectivity index (χ4v) is 5.41. The van der Waals surface area contributed by atoms with E-state index in [0.29, 0.717) is 60.0 Å². The van der Waals surface area contributed by atoms with Crippen molar-refractivity contribution in [1.82, 2.24) is 44.8 Å². The first-order valence-electron chi connectivity index (χ1n) is 15.2. The Bertz CT molecular complexity index is 1820. The van der Waals surface area contributed by atoms with Crippen molar-refractivity contribution in [3.8, 4) is 5.82 Å². The van der Waals surface area contributed by atoms with Crippen LogP contribution in [0.25, 0.3) is 16.9 Å². The van der Waals surface area contributed by atoms with Crippen LogP contribution < -0.4 is 10.6 Å². The van der Waals surface area contributed by atoms with Gasteiger partial charge in [-0.1, -0.05) is 6.07 Å². The fraction of sp³-hybridized carbons (Fsp3) is 0.379. The van der Waals surface area contributed by atoms with Crippen LogP contribution in [0.15, 0.2) is 49.1 Å². The van der Waals surface area contributed by atoms with Crippen molar-refractivity contribution in [2.24, 2.45) is 6.98 Å². The summed E-state index contributed by atoms with van der Waals surface area (Å²) >= 11 is 0. The van der Waals surface area contributed by atoms with Gasteiger partial charge in [-0.15, -0.1) is 0 Å². The first-order chi connectivity index (χ1) is 21.5. The SMILES string of the molecule is [2H]C([2H])([2H])n1ccc2c(Nc3cc(C)[nH]n3)nc(C3CCC(OC)(C(=O)N[C@@H](C)c4ccc(-n5cc(F)cn5)nc4)CC3)nc21. The molecular formula is C29H33FN10O2. The zero-order valence-electron chi connectivity index (χ0n) is 26.4. The van der Waals surface area contributed by atoms with Crippen LogP contribution in [0.3, 0.4) is 0 Å². The molecule has 0 aromatic carbocycles. The molecule has 218 valence electrons. The highest BCUT2D eigenvalue weighted by atomic mass is 19.1. The van der Waals surface area contributed by atoms with E-state index in [9.17, 15) is 9.18 Å². The molecule has 5 heterocycles. The molecule has 0 saturated heterocycles. The Morgan fingerprint density at radius 2 is 2.10 bits per heavy atom. The minimum atomic E-state index is -2.42. The summed E-state index contributed by atoms with van der Waals surface area (Å²) in [7, 11) is 1.53. The van der Waals surface area contributed by atoms with E-state index in [1.54, 1.807) is 18.3 Å². The molecule has 1 fully saturated rings. The molecule has 1 atom stereocenters. The number of nitrogens with zero attached hydrogens (tertiary/aromatic N) is 7. The van der Waals surface area contributed by atoms with E-state index in [2.05, 4.69) is 30.9 Å². The molecule has 0 aliphatic heterocycles. The zero-order valence-corrected chi connectivity index (χ0v) is 23.4. The average Bonchev–Trinajstić information content (AvgIpc) is 3.76. The second kappa shape index (κ2) is 11.0. The van der Waals surface area contributed by atoms with E-state index in [4.69, 9.17) is 18.8 Å². The van der Waals surface area contributed by atoms with E-state index < -0.39 is 18.4 Å². The molecule has 0 unspecified atom stereocenters. The molecule has 12 nitrogen and oxygen atoms in total. The quantitative estimate of drug-likeness (QED) is 0.248. The topological polar surface area (TPSA) is 140 Å². The molecule has 1 saturated carbocycles. The van der Waals surface area contributed by atoms with Crippen molar-refractivity contribution in [2.75, 3.05) is 12.4 Å². The highest BCUT2D eigenvalue weighted by molar-refractivity contribution is 5.89. The van der Waals surface area contributed by atoms with Gasteiger partial charge in [-0.05, 0) is 57.2 Å². The summed E-state index contributed by atoms with van der Waals surface area (Å²) in [6.45, 7) is 1.31. The molecule has 1 aliphatic carbocycles. The Kier molecular flexibility index (Phi) is 6.27. The first kappa shape index (κ1) is 24.0. The third kappa shape index (κ3) is 5.22. The molecule has 5 aromatic heterocycles. The second-order valence-electron chi connectivity index (χ2n) is 10.6. The first-order valence-corrected chi connectivity index (χ1v) is 13.7. The molecule has 0 spiro atoms. The number of hydrogen-bond donors (Lipinski definition) is 3. The Hall–Kier alpha value is -4.65. The predicted octanol–water partition coefficient (Wildman–Crippen LogP) is 4.38. The van der Waals surface area contributed by atoms with Gasteiger partial charge in [-0.3, -0.25) is 9.89 Å². The molecule has 0 radical (unpaired) electrons. The summed E-state index contributed by atoms with van der Waals surface area (Å²) in [4.78, 5) is 27.5. The summed E-state index contributed by atoms with van der Waals surface area (Å²) in [5.41, 5.74) is 0.868. The number of amides is 1. The maximum Gasteiger partial charge on any atom is 0.252 e. The van der Waals surface area contributed by atoms with Crippen LogP contribution in [-0.2, 0) is 16.5 Å². The van der Waals surface area contributed by atoms with Crippen LogP contribution in [0, 0.1) is 12.7 Å². The van der Waals surface area contributed by atoms with E-state index in [-0.39, 0.29) is 17.9 Å². The van der Waals surface area contributed by atoms with E-state index in [1.807, 2.05) is 26.0 Å². The monoisotopic (exact) mass is 575 g/mol. The highest BCUT2D eigenvalue weighted by Gasteiger charge is 2.43.